The molecule has 1 heterocycles. The third-order valence-electron chi connectivity index (χ3n) is 2.38. The maximum absolute atomic E-state index is 11.5. The molecule has 0 aliphatic heterocycles. The van der Waals surface area contributed by atoms with Crippen LogP contribution in [-0.4, -0.2) is 29.7 Å². The van der Waals surface area contributed by atoms with Crippen molar-refractivity contribution in [1.29, 1.82) is 0 Å². The first-order valence-corrected chi connectivity index (χ1v) is 6.93. The monoisotopic (exact) mass is 332 g/mol. The van der Waals surface area contributed by atoms with Gasteiger partial charge in [0.15, 0.2) is 5.01 Å². The Kier molecular flexibility index (Phi) is 6.87. The molecule has 0 fully saturated rings. The normalized spacial score (nSPS) is 9.90. The van der Waals surface area contributed by atoms with E-state index >= 15 is 0 Å². The highest BCUT2D eigenvalue weighted by atomic mass is 35.5. The van der Waals surface area contributed by atoms with Gasteiger partial charge in [-0.3, -0.25) is 4.79 Å². The van der Waals surface area contributed by atoms with Crippen LogP contribution in [0.25, 0.3) is 10.6 Å². The summed E-state index contributed by atoms with van der Waals surface area (Å²) < 4.78 is 0. The first-order chi connectivity index (χ1) is 9.20. The van der Waals surface area contributed by atoms with E-state index in [1.165, 1.54) is 11.3 Å². The maximum Gasteiger partial charge on any atom is 0.227 e. The van der Waals surface area contributed by atoms with Crippen LogP contribution in [0.3, 0.4) is 0 Å². The van der Waals surface area contributed by atoms with Gasteiger partial charge in [-0.15, -0.1) is 22.6 Å². The van der Waals surface area contributed by atoms with E-state index < -0.39 is 0 Å². The molecule has 0 spiro atoms. The molecule has 2 rings (SSSR count). The Bertz CT molecular complexity index is 576. The Balaban J connectivity index is 0.00000200. The van der Waals surface area contributed by atoms with Crippen molar-refractivity contribution in [2.75, 3.05) is 18.9 Å². The summed E-state index contributed by atoms with van der Waals surface area (Å²) in [6, 6.07) is 7.40. The number of hydrogen-bond acceptors (Lipinski definition) is 5. The average molecular weight is 333 g/mol. The molecule has 0 aliphatic rings. The molecule has 0 aliphatic carbocycles. The minimum atomic E-state index is -0.0868. The number of nitrogens with zero attached hydrogens (tertiary/aromatic N) is 2. The van der Waals surface area contributed by atoms with E-state index in [9.17, 15) is 4.79 Å². The second-order valence-electron chi connectivity index (χ2n) is 3.79. The number of aromatic nitrogens is 2. The molecule has 8 heteroatoms. The van der Waals surface area contributed by atoms with Crippen LogP contribution in [-0.2, 0) is 4.79 Å². The minimum Gasteiger partial charge on any atom is -0.319 e. The zero-order valence-electron chi connectivity index (χ0n) is 10.7. The minimum absolute atomic E-state index is 0. The maximum atomic E-state index is 11.5. The van der Waals surface area contributed by atoms with Crippen LogP contribution < -0.4 is 10.6 Å². The van der Waals surface area contributed by atoms with Crippen molar-refractivity contribution in [3.8, 4) is 10.6 Å². The van der Waals surface area contributed by atoms with Crippen LogP contribution >= 0.6 is 35.3 Å². The van der Waals surface area contributed by atoms with Gasteiger partial charge in [-0.1, -0.05) is 41.1 Å². The number of rotatable bonds is 5. The van der Waals surface area contributed by atoms with Crippen molar-refractivity contribution < 1.29 is 4.79 Å². The van der Waals surface area contributed by atoms with Crippen molar-refractivity contribution in [3.63, 3.8) is 0 Å². The number of nitrogens with one attached hydrogen (secondary N) is 2. The number of carbonyl (C=O) groups is 1. The summed E-state index contributed by atoms with van der Waals surface area (Å²) in [5, 5.41) is 15.4. The van der Waals surface area contributed by atoms with Gasteiger partial charge in [0.1, 0.15) is 0 Å². The molecule has 0 saturated heterocycles. The summed E-state index contributed by atoms with van der Waals surface area (Å²) in [7, 11) is 1.80. The fourth-order valence-corrected chi connectivity index (χ4v) is 2.52. The lowest BCUT2D eigenvalue weighted by Crippen LogP contribution is -2.18. The molecule has 0 saturated carbocycles. The molecule has 0 bridgehead atoms. The molecule has 20 heavy (non-hydrogen) atoms. The van der Waals surface area contributed by atoms with Gasteiger partial charge in [0.05, 0.1) is 5.02 Å². The average Bonchev–Trinajstić information content (AvgIpc) is 2.85. The van der Waals surface area contributed by atoms with E-state index in [4.69, 9.17) is 11.6 Å². The van der Waals surface area contributed by atoms with Crippen LogP contribution in [0.5, 0.6) is 0 Å². The standard InChI is InChI=1S/C12H13ClN4OS.ClH/c1-14-7-6-10(18)15-12-17-16-11(19-12)8-4-2-3-5-9(8)13;/h2-5,14H,6-7H2,1H3,(H,15,17,18);1H. The second kappa shape index (κ2) is 8.16. The fourth-order valence-electron chi connectivity index (χ4n) is 1.44. The Morgan fingerprint density at radius 3 is 2.80 bits per heavy atom. The highest BCUT2D eigenvalue weighted by Gasteiger charge is 2.11. The third-order valence-corrected chi connectivity index (χ3v) is 3.58. The predicted molar refractivity (Wildman–Crippen MR) is 84.8 cm³/mol. The molecular weight excluding hydrogens is 319 g/mol. The molecule has 1 aromatic carbocycles. The van der Waals surface area contributed by atoms with Crippen molar-refractivity contribution in [2.45, 2.75) is 6.42 Å². The molecule has 1 aromatic heterocycles. The number of carbonyl (C=O) groups excluding carboxylic acids is 1. The van der Waals surface area contributed by atoms with Gasteiger partial charge in [-0.2, -0.15) is 0 Å². The largest absolute Gasteiger partial charge is 0.319 e. The smallest absolute Gasteiger partial charge is 0.227 e. The van der Waals surface area contributed by atoms with Gasteiger partial charge in [0.25, 0.3) is 0 Å². The van der Waals surface area contributed by atoms with E-state index in [1.54, 1.807) is 13.1 Å². The Labute approximate surface area is 132 Å². The number of anilines is 1. The summed E-state index contributed by atoms with van der Waals surface area (Å²) in [4.78, 5) is 11.5. The summed E-state index contributed by atoms with van der Waals surface area (Å²) in [6.45, 7) is 0.627. The zero-order valence-corrected chi connectivity index (χ0v) is 13.1. The Hall–Kier alpha value is -1.21. The van der Waals surface area contributed by atoms with Gasteiger partial charge in [-0.05, 0) is 13.1 Å². The summed E-state index contributed by atoms with van der Waals surface area (Å²) >= 11 is 7.39. The second-order valence-corrected chi connectivity index (χ2v) is 5.18. The van der Waals surface area contributed by atoms with Crippen molar-refractivity contribution in [1.82, 2.24) is 15.5 Å². The molecule has 0 atom stereocenters. The van der Waals surface area contributed by atoms with Crippen molar-refractivity contribution in [2.24, 2.45) is 0 Å². The number of hydrogen-bond donors (Lipinski definition) is 2. The van der Waals surface area contributed by atoms with Crippen LogP contribution in [0.4, 0.5) is 5.13 Å². The van der Waals surface area contributed by atoms with Gasteiger partial charge in [0.2, 0.25) is 11.0 Å². The van der Waals surface area contributed by atoms with E-state index in [1.807, 2.05) is 18.2 Å². The van der Waals surface area contributed by atoms with Crippen LogP contribution in [0.2, 0.25) is 5.02 Å². The van der Waals surface area contributed by atoms with E-state index in [0.29, 0.717) is 28.1 Å². The van der Waals surface area contributed by atoms with Crippen LogP contribution in [0.1, 0.15) is 6.42 Å². The van der Waals surface area contributed by atoms with Crippen molar-refractivity contribution in [3.05, 3.63) is 29.3 Å². The zero-order chi connectivity index (χ0) is 13.7. The molecule has 1 amide bonds. The first kappa shape index (κ1) is 16.8. The molecular formula is C12H14Cl2N4OS. The lowest BCUT2D eigenvalue weighted by Gasteiger charge is -1.99. The lowest BCUT2D eigenvalue weighted by atomic mass is 10.2. The predicted octanol–water partition coefficient (Wildman–Crippen LogP) is 2.83. The Morgan fingerprint density at radius 2 is 2.10 bits per heavy atom. The van der Waals surface area contributed by atoms with Gasteiger partial charge in [0, 0.05) is 18.5 Å². The van der Waals surface area contributed by atoms with E-state index in [2.05, 4.69) is 20.8 Å². The molecule has 0 unspecified atom stereocenters. The highest BCUT2D eigenvalue weighted by molar-refractivity contribution is 7.18. The summed E-state index contributed by atoms with van der Waals surface area (Å²) in [5.74, 6) is -0.0868. The molecule has 108 valence electrons. The molecule has 2 N–H and O–H groups in total. The number of benzene rings is 1. The molecule has 0 radical (unpaired) electrons. The first-order valence-electron chi connectivity index (χ1n) is 5.73. The Morgan fingerprint density at radius 1 is 1.35 bits per heavy atom. The number of halogens is 2. The molecule has 2 aromatic rings. The highest BCUT2D eigenvalue weighted by Crippen LogP contribution is 2.31. The van der Waals surface area contributed by atoms with Gasteiger partial charge in [-0.25, -0.2) is 0 Å². The SMILES string of the molecule is CNCCC(=O)Nc1nnc(-c2ccccc2Cl)s1.Cl. The quantitative estimate of drug-likeness (QED) is 0.883. The molecule has 5 nitrogen and oxygen atoms in total. The fraction of sp³-hybridized carbons (Fsp3) is 0.250. The van der Waals surface area contributed by atoms with E-state index in [0.717, 1.165) is 5.56 Å². The van der Waals surface area contributed by atoms with Crippen LogP contribution in [0, 0.1) is 0 Å². The summed E-state index contributed by atoms with van der Waals surface area (Å²) in [6.07, 6.45) is 0.400. The van der Waals surface area contributed by atoms with Gasteiger partial charge >= 0.3 is 0 Å². The summed E-state index contributed by atoms with van der Waals surface area (Å²) in [5.41, 5.74) is 0.817. The lowest BCUT2D eigenvalue weighted by molar-refractivity contribution is -0.116. The third kappa shape index (κ3) is 4.42. The van der Waals surface area contributed by atoms with Gasteiger partial charge < -0.3 is 10.6 Å². The van der Waals surface area contributed by atoms with E-state index in [-0.39, 0.29) is 18.3 Å². The van der Waals surface area contributed by atoms with Crippen molar-refractivity contribution >= 4 is 46.4 Å². The topological polar surface area (TPSA) is 66.9 Å². The number of amides is 1. The van der Waals surface area contributed by atoms with Crippen LogP contribution in [0.15, 0.2) is 24.3 Å².